The number of urea groups is 1. The second-order valence-electron chi connectivity index (χ2n) is 6.09. The van der Waals surface area contributed by atoms with Crippen molar-refractivity contribution in [3.05, 3.63) is 35.4 Å². The Bertz CT molecular complexity index is 637. The number of imide groups is 1. The van der Waals surface area contributed by atoms with Gasteiger partial charge in [-0.3, -0.25) is 14.5 Å². The zero-order chi connectivity index (χ0) is 17.1. The lowest BCUT2D eigenvalue weighted by Gasteiger charge is -2.33. The summed E-state index contributed by atoms with van der Waals surface area (Å²) in [6.07, 6.45) is 0.158. The number of aryl methyl sites for hydroxylation is 1. The van der Waals surface area contributed by atoms with Gasteiger partial charge in [0.25, 0.3) is 0 Å². The van der Waals surface area contributed by atoms with Crippen molar-refractivity contribution in [2.24, 2.45) is 0 Å². The van der Waals surface area contributed by atoms with Crippen LogP contribution in [0.1, 0.15) is 23.6 Å². The molecule has 4 amide bonds. The third-order valence-corrected chi connectivity index (χ3v) is 4.32. The van der Waals surface area contributed by atoms with Crippen molar-refractivity contribution in [1.82, 2.24) is 15.1 Å². The smallest absolute Gasteiger partial charge is 0.325 e. The fourth-order valence-electron chi connectivity index (χ4n) is 2.97. The van der Waals surface area contributed by atoms with Gasteiger partial charge in [0.2, 0.25) is 11.8 Å². The molecule has 3 rings (SSSR count). The molecule has 24 heavy (non-hydrogen) atoms. The predicted octanol–water partition coefficient (Wildman–Crippen LogP) is 0.837. The molecule has 2 saturated heterocycles. The van der Waals surface area contributed by atoms with E-state index in [1.54, 1.807) is 4.90 Å². The minimum Gasteiger partial charge on any atom is -0.378 e. The lowest BCUT2D eigenvalue weighted by Crippen LogP contribution is -2.55. The topological polar surface area (TPSA) is 79.0 Å². The monoisotopic (exact) mass is 331 g/mol. The van der Waals surface area contributed by atoms with Gasteiger partial charge in [0, 0.05) is 13.1 Å². The molecule has 2 fully saturated rings. The fraction of sp³-hybridized carbons (Fsp3) is 0.471. The molecule has 0 unspecified atom stereocenters. The van der Waals surface area contributed by atoms with Gasteiger partial charge >= 0.3 is 6.03 Å². The summed E-state index contributed by atoms with van der Waals surface area (Å²) < 4.78 is 5.20. The standard InChI is InChI=1S/C17H21N3O4/c1-12-3-2-4-13(9-12)14-10-15(21)20(17(23)18-14)11-16(22)19-5-7-24-8-6-19/h2-4,9,14H,5-8,10-11H2,1H3,(H,18,23)/t14-/m0/s1. The van der Waals surface area contributed by atoms with Crippen molar-refractivity contribution in [1.29, 1.82) is 0 Å². The molecule has 0 aromatic heterocycles. The second-order valence-corrected chi connectivity index (χ2v) is 6.09. The summed E-state index contributed by atoms with van der Waals surface area (Å²) in [6.45, 7) is 3.71. The van der Waals surface area contributed by atoms with Gasteiger partial charge in [-0.1, -0.05) is 29.8 Å². The summed E-state index contributed by atoms with van der Waals surface area (Å²) >= 11 is 0. The molecular weight excluding hydrogens is 310 g/mol. The summed E-state index contributed by atoms with van der Waals surface area (Å²) in [6, 6.07) is 6.84. The Morgan fingerprint density at radius 2 is 2.04 bits per heavy atom. The minimum absolute atomic E-state index is 0.158. The van der Waals surface area contributed by atoms with Crippen LogP contribution in [-0.2, 0) is 14.3 Å². The number of amides is 4. The largest absolute Gasteiger partial charge is 0.378 e. The Balaban J connectivity index is 1.64. The average molecular weight is 331 g/mol. The van der Waals surface area contributed by atoms with Gasteiger partial charge in [0.15, 0.2) is 0 Å². The van der Waals surface area contributed by atoms with Gasteiger partial charge < -0.3 is 15.0 Å². The number of carbonyl (C=O) groups excluding carboxylic acids is 3. The van der Waals surface area contributed by atoms with E-state index in [1.165, 1.54) is 0 Å². The van der Waals surface area contributed by atoms with Crippen LogP contribution in [0.4, 0.5) is 4.79 Å². The van der Waals surface area contributed by atoms with E-state index in [2.05, 4.69) is 5.32 Å². The summed E-state index contributed by atoms with van der Waals surface area (Å²) in [7, 11) is 0. The number of morpholine rings is 1. The Hall–Kier alpha value is -2.41. The molecule has 1 aromatic rings. The van der Waals surface area contributed by atoms with Gasteiger partial charge in [0.1, 0.15) is 6.54 Å². The van der Waals surface area contributed by atoms with E-state index >= 15 is 0 Å². The van der Waals surface area contributed by atoms with Crippen molar-refractivity contribution < 1.29 is 19.1 Å². The van der Waals surface area contributed by atoms with Crippen molar-refractivity contribution in [2.45, 2.75) is 19.4 Å². The molecule has 0 radical (unpaired) electrons. The van der Waals surface area contributed by atoms with Crippen LogP contribution in [0.5, 0.6) is 0 Å². The summed E-state index contributed by atoms with van der Waals surface area (Å²) in [5, 5.41) is 2.82. The highest BCUT2D eigenvalue weighted by Crippen LogP contribution is 2.23. The highest BCUT2D eigenvalue weighted by molar-refractivity contribution is 6.00. The minimum atomic E-state index is -0.514. The van der Waals surface area contributed by atoms with E-state index in [9.17, 15) is 14.4 Å². The summed E-state index contributed by atoms with van der Waals surface area (Å²) in [5.41, 5.74) is 1.97. The third-order valence-electron chi connectivity index (χ3n) is 4.32. The maximum atomic E-state index is 12.4. The molecule has 7 heteroatoms. The Morgan fingerprint density at radius 1 is 1.29 bits per heavy atom. The molecule has 0 spiro atoms. The first kappa shape index (κ1) is 16.4. The van der Waals surface area contributed by atoms with Crippen molar-refractivity contribution >= 4 is 17.8 Å². The van der Waals surface area contributed by atoms with E-state index in [-0.39, 0.29) is 30.8 Å². The Labute approximate surface area is 140 Å². The molecule has 2 aliphatic heterocycles. The molecule has 1 aromatic carbocycles. The number of nitrogens with one attached hydrogen (secondary N) is 1. The molecule has 0 aliphatic carbocycles. The predicted molar refractivity (Wildman–Crippen MR) is 86.2 cm³/mol. The average Bonchev–Trinajstić information content (AvgIpc) is 2.58. The van der Waals surface area contributed by atoms with Crippen molar-refractivity contribution in [2.75, 3.05) is 32.8 Å². The van der Waals surface area contributed by atoms with Crippen LogP contribution in [0, 0.1) is 6.92 Å². The van der Waals surface area contributed by atoms with Crippen LogP contribution in [-0.4, -0.2) is 60.5 Å². The lowest BCUT2D eigenvalue weighted by atomic mass is 9.99. The summed E-state index contributed by atoms with van der Waals surface area (Å²) in [4.78, 5) is 39.5. The van der Waals surface area contributed by atoms with E-state index in [0.29, 0.717) is 26.3 Å². The van der Waals surface area contributed by atoms with Crippen LogP contribution >= 0.6 is 0 Å². The zero-order valence-electron chi connectivity index (χ0n) is 13.7. The number of carbonyl (C=O) groups is 3. The molecule has 128 valence electrons. The van der Waals surface area contributed by atoms with E-state index in [1.807, 2.05) is 31.2 Å². The number of nitrogens with zero attached hydrogens (tertiary/aromatic N) is 2. The lowest BCUT2D eigenvalue weighted by molar-refractivity contribution is -0.141. The third kappa shape index (κ3) is 3.56. The molecular formula is C17H21N3O4. The van der Waals surface area contributed by atoms with Crippen LogP contribution in [0.15, 0.2) is 24.3 Å². The van der Waals surface area contributed by atoms with Crippen LogP contribution < -0.4 is 5.32 Å². The Kier molecular flexibility index (Phi) is 4.80. The highest BCUT2D eigenvalue weighted by Gasteiger charge is 2.35. The quantitative estimate of drug-likeness (QED) is 0.890. The van der Waals surface area contributed by atoms with Crippen LogP contribution in [0.25, 0.3) is 0 Å². The first-order chi connectivity index (χ1) is 11.5. The van der Waals surface area contributed by atoms with Crippen LogP contribution in [0.2, 0.25) is 0 Å². The molecule has 2 aliphatic rings. The molecule has 0 saturated carbocycles. The first-order valence-electron chi connectivity index (χ1n) is 8.07. The van der Waals surface area contributed by atoms with Crippen molar-refractivity contribution in [3.8, 4) is 0 Å². The molecule has 0 bridgehead atoms. The molecule has 7 nitrogen and oxygen atoms in total. The van der Waals surface area contributed by atoms with E-state index in [0.717, 1.165) is 16.0 Å². The maximum Gasteiger partial charge on any atom is 0.325 e. The highest BCUT2D eigenvalue weighted by atomic mass is 16.5. The van der Waals surface area contributed by atoms with Gasteiger partial charge in [0.05, 0.1) is 25.7 Å². The second kappa shape index (κ2) is 7.00. The van der Waals surface area contributed by atoms with Crippen molar-refractivity contribution in [3.63, 3.8) is 0 Å². The van der Waals surface area contributed by atoms with Gasteiger partial charge in [-0.25, -0.2) is 4.79 Å². The number of ether oxygens (including phenoxy) is 1. The summed E-state index contributed by atoms with van der Waals surface area (Å²) in [5.74, 6) is -0.553. The molecule has 2 heterocycles. The van der Waals surface area contributed by atoms with Gasteiger partial charge in [-0.2, -0.15) is 0 Å². The zero-order valence-corrected chi connectivity index (χ0v) is 13.7. The van der Waals surface area contributed by atoms with Crippen LogP contribution in [0.3, 0.4) is 0 Å². The first-order valence-corrected chi connectivity index (χ1v) is 8.07. The fourth-order valence-corrected chi connectivity index (χ4v) is 2.97. The number of rotatable bonds is 3. The van der Waals surface area contributed by atoms with E-state index < -0.39 is 6.03 Å². The normalized spacial score (nSPS) is 21.6. The molecule has 1 N–H and O–H groups in total. The van der Waals surface area contributed by atoms with E-state index in [4.69, 9.17) is 4.74 Å². The Morgan fingerprint density at radius 3 is 2.71 bits per heavy atom. The number of hydrogen-bond donors (Lipinski definition) is 1. The van der Waals surface area contributed by atoms with Gasteiger partial charge in [-0.15, -0.1) is 0 Å². The number of hydrogen-bond acceptors (Lipinski definition) is 4. The maximum absolute atomic E-state index is 12.4. The SMILES string of the molecule is Cc1cccc([C@@H]2CC(=O)N(CC(=O)N3CCOCC3)C(=O)N2)c1. The molecule has 1 atom stereocenters. The number of benzene rings is 1. The van der Waals surface area contributed by atoms with Gasteiger partial charge in [-0.05, 0) is 12.5 Å².